The highest BCUT2D eigenvalue weighted by atomic mass is 19.1. The zero-order valence-electron chi connectivity index (χ0n) is 13.8. The summed E-state index contributed by atoms with van der Waals surface area (Å²) in [5, 5.41) is 3.42. The molecule has 3 heterocycles. The van der Waals surface area contributed by atoms with Crippen molar-refractivity contribution in [3.8, 4) is 0 Å². The average molecular weight is 329 g/mol. The number of aromatic nitrogens is 1. The van der Waals surface area contributed by atoms with Gasteiger partial charge >= 0.3 is 0 Å². The third-order valence-electron chi connectivity index (χ3n) is 6.05. The van der Waals surface area contributed by atoms with Gasteiger partial charge in [0.1, 0.15) is 11.9 Å². The van der Waals surface area contributed by atoms with Crippen molar-refractivity contribution in [3.05, 3.63) is 29.8 Å². The van der Waals surface area contributed by atoms with Gasteiger partial charge in [0.25, 0.3) is 0 Å². The van der Waals surface area contributed by atoms with E-state index in [0.717, 1.165) is 50.8 Å². The monoisotopic (exact) mass is 329 g/mol. The second-order valence-corrected chi connectivity index (χ2v) is 7.54. The molecule has 2 aliphatic heterocycles. The number of Topliss-reactive ketones (excluding diaryl/α,β-unsaturated/α-hetero) is 1. The summed E-state index contributed by atoms with van der Waals surface area (Å²) >= 11 is 0. The fraction of sp³-hybridized carbons (Fsp3) is 0.632. The number of nitrogens with zero attached hydrogens (tertiary/aromatic N) is 2. The van der Waals surface area contributed by atoms with Crippen LogP contribution < -0.4 is 5.32 Å². The van der Waals surface area contributed by atoms with E-state index in [9.17, 15) is 9.18 Å². The first-order chi connectivity index (χ1) is 11.7. The summed E-state index contributed by atoms with van der Waals surface area (Å²) in [6.45, 7) is 2.13. The maximum atomic E-state index is 13.4. The highest BCUT2D eigenvalue weighted by molar-refractivity contribution is 5.88. The number of rotatable bonds is 3. The van der Waals surface area contributed by atoms with Crippen LogP contribution >= 0.6 is 0 Å². The third kappa shape index (κ3) is 3.14. The van der Waals surface area contributed by atoms with Crippen LogP contribution in [-0.4, -0.2) is 36.1 Å². The molecule has 3 aliphatic rings. The normalized spacial score (nSPS) is 35.6. The number of hydrogen-bond acceptors (Lipinski definition) is 4. The molecule has 1 saturated heterocycles. The lowest BCUT2D eigenvalue weighted by molar-refractivity contribution is -0.124. The van der Waals surface area contributed by atoms with Gasteiger partial charge in [0.2, 0.25) is 0 Å². The number of carbonyl (C=O) groups is 1. The maximum Gasteiger partial charge on any atom is 0.160 e. The molecule has 1 N–H and O–H groups in total. The lowest BCUT2D eigenvalue weighted by Gasteiger charge is -2.17. The van der Waals surface area contributed by atoms with E-state index in [4.69, 9.17) is 0 Å². The number of nitrogens with one attached hydrogen (secondary N) is 1. The molecule has 0 spiro atoms. The molecule has 4 rings (SSSR count). The van der Waals surface area contributed by atoms with E-state index in [1.165, 1.54) is 6.20 Å². The summed E-state index contributed by atoms with van der Waals surface area (Å²) < 4.78 is 13.4. The Labute approximate surface area is 142 Å². The van der Waals surface area contributed by atoms with Crippen molar-refractivity contribution in [2.45, 2.75) is 44.1 Å². The summed E-state index contributed by atoms with van der Waals surface area (Å²) in [5.41, 5.74) is 0.913. The lowest BCUT2D eigenvalue weighted by Crippen LogP contribution is -2.27. The van der Waals surface area contributed by atoms with E-state index in [-0.39, 0.29) is 23.7 Å². The number of hydrogen-bond donors (Lipinski definition) is 1. The van der Waals surface area contributed by atoms with Crippen LogP contribution in [-0.2, 0) is 4.79 Å². The van der Waals surface area contributed by atoms with Gasteiger partial charge in [0, 0.05) is 18.3 Å². The highest BCUT2D eigenvalue weighted by Gasteiger charge is 2.42. The zero-order valence-corrected chi connectivity index (χ0v) is 13.8. The molecule has 4 nitrogen and oxygen atoms in total. The Hall–Kier alpha value is -1.62. The van der Waals surface area contributed by atoms with E-state index in [0.29, 0.717) is 17.6 Å². The molecule has 128 valence electrons. The number of fused-ring (bicyclic) bond motifs is 1. The van der Waals surface area contributed by atoms with Crippen LogP contribution in [0.1, 0.15) is 43.6 Å². The van der Waals surface area contributed by atoms with Crippen molar-refractivity contribution < 1.29 is 9.18 Å². The molecule has 2 fully saturated rings. The zero-order chi connectivity index (χ0) is 16.5. The Morgan fingerprint density at radius 1 is 1.17 bits per heavy atom. The lowest BCUT2D eigenvalue weighted by atomic mass is 9.88. The molecule has 1 saturated carbocycles. The Morgan fingerprint density at radius 3 is 2.71 bits per heavy atom. The van der Waals surface area contributed by atoms with Gasteiger partial charge in [-0.05, 0) is 74.6 Å². The summed E-state index contributed by atoms with van der Waals surface area (Å²) in [6, 6.07) is 1.35. The van der Waals surface area contributed by atoms with Crippen LogP contribution in [0.15, 0.2) is 23.5 Å². The molecule has 0 radical (unpaired) electrons. The Bertz CT molecular complexity index is 635. The predicted octanol–water partition coefficient (Wildman–Crippen LogP) is 2.74. The van der Waals surface area contributed by atoms with Crippen molar-refractivity contribution in [1.29, 1.82) is 0 Å². The van der Waals surface area contributed by atoms with Crippen LogP contribution in [0.2, 0.25) is 0 Å². The van der Waals surface area contributed by atoms with Crippen LogP contribution in [0.5, 0.6) is 0 Å². The van der Waals surface area contributed by atoms with E-state index >= 15 is 0 Å². The predicted molar refractivity (Wildman–Crippen MR) is 90.6 cm³/mol. The van der Waals surface area contributed by atoms with Crippen LogP contribution in [0, 0.1) is 23.6 Å². The van der Waals surface area contributed by atoms with Gasteiger partial charge in [-0.25, -0.2) is 4.39 Å². The van der Waals surface area contributed by atoms with E-state index in [2.05, 4.69) is 15.3 Å². The fourth-order valence-electron chi connectivity index (χ4n) is 4.71. The van der Waals surface area contributed by atoms with E-state index in [1.807, 2.05) is 6.21 Å². The van der Waals surface area contributed by atoms with Crippen molar-refractivity contribution in [2.75, 3.05) is 13.1 Å². The average Bonchev–Trinajstić information content (AvgIpc) is 3.08. The Balaban J connectivity index is 1.39. The van der Waals surface area contributed by atoms with Crippen LogP contribution in [0.3, 0.4) is 0 Å². The van der Waals surface area contributed by atoms with Crippen molar-refractivity contribution in [3.63, 3.8) is 0 Å². The van der Waals surface area contributed by atoms with Crippen molar-refractivity contribution >= 4 is 12.0 Å². The molecule has 4 unspecified atom stereocenters. The van der Waals surface area contributed by atoms with Gasteiger partial charge in [0.05, 0.1) is 6.20 Å². The second kappa shape index (κ2) is 6.71. The third-order valence-corrected chi connectivity index (χ3v) is 6.05. The first-order valence-corrected chi connectivity index (χ1v) is 9.07. The topological polar surface area (TPSA) is 54.4 Å². The quantitative estimate of drug-likeness (QED) is 0.928. The summed E-state index contributed by atoms with van der Waals surface area (Å²) in [6.07, 6.45) is 9.28. The van der Waals surface area contributed by atoms with Gasteiger partial charge in [-0.2, -0.15) is 0 Å². The maximum absolute atomic E-state index is 13.4. The van der Waals surface area contributed by atoms with E-state index < -0.39 is 0 Å². The van der Waals surface area contributed by atoms with Crippen LogP contribution in [0.4, 0.5) is 4.39 Å². The van der Waals surface area contributed by atoms with Gasteiger partial charge < -0.3 is 5.32 Å². The number of halogens is 1. The minimum atomic E-state index is -0.299. The number of ketones is 1. The van der Waals surface area contributed by atoms with Crippen molar-refractivity contribution in [2.24, 2.45) is 22.7 Å². The van der Waals surface area contributed by atoms with Crippen molar-refractivity contribution in [1.82, 2.24) is 10.3 Å². The SMILES string of the molecule is O=C(C1CC2CNCC2C1)C1CCC(c2cncc(F)c2)CC=N1. The standard InChI is InChI=1S/C19H24FN3O/c20-17-7-16(10-22-11-17)12-1-2-18(23-4-3-12)19(24)13-5-14-8-21-9-15(14)6-13/h4,7,10-15,18,21H,1-3,5-6,8-9H2. The number of pyridine rings is 1. The molecular weight excluding hydrogens is 305 g/mol. The van der Waals surface area contributed by atoms with Gasteiger partial charge in [0.15, 0.2) is 5.78 Å². The first kappa shape index (κ1) is 15.9. The molecule has 0 bridgehead atoms. The first-order valence-electron chi connectivity index (χ1n) is 9.07. The summed E-state index contributed by atoms with van der Waals surface area (Å²) in [7, 11) is 0. The highest BCUT2D eigenvalue weighted by Crippen LogP contribution is 2.40. The molecule has 4 atom stereocenters. The van der Waals surface area contributed by atoms with Gasteiger partial charge in [-0.15, -0.1) is 0 Å². The molecule has 1 aliphatic carbocycles. The molecule has 1 aromatic heterocycles. The number of aliphatic imine (C=N–C) groups is 1. The van der Waals surface area contributed by atoms with Gasteiger partial charge in [-0.3, -0.25) is 14.8 Å². The Kier molecular flexibility index (Phi) is 4.44. The number of carbonyl (C=O) groups excluding carboxylic acids is 1. The van der Waals surface area contributed by atoms with E-state index in [1.54, 1.807) is 12.3 Å². The largest absolute Gasteiger partial charge is 0.316 e. The molecule has 0 amide bonds. The minimum Gasteiger partial charge on any atom is -0.316 e. The molecule has 1 aromatic rings. The molecule has 24 heavy (non-hydrogen) atoms. The van der Waals surface area contributed by atoms with Crippen LogP contribution in [0.25, 0.3) is 0 Å². The minimum absolute atomic E-state index is 0.191. The molecule has 0 aromatic carbocycles. The van der Waals surface area contributed by atoms with Gasteiger partial charge in [-0.1, -0.05) is 0 Å². The molecular formula is C19H24FN3O. The molecule has 5 heteroatoms. The summed E-state index contributed by atoms with van der Waals surface area (Å²) in [4.78, 5) is 21.4. The Morgan fingerprint density at radius 2 is 1.96 bits per heavy atom. The second-order valence-electron chi connectivity index (χ2n) is 7.54. The summed E-state index contributed by atoms with van der Waals surface area (Å²) in [5.74, 6) is 1.80. The fourth-order valence-corrected chi connectivity index (χ4v) is 4.71. The smallest absolute Gasteiger partial charge is 0.160 e.